The molecule has 0 aliphatic rings. The molecule has 2 nitrogen and oxygen atoms in total. The molecule has 3 aromatic carbocycles. The zero-order valence-electron chi connectivity index (χ0n) is 15.9. The summed E-state index contributed by atoms with van der Waals surface area (Å²) in [6.45, 7) is -0.239. The second kappa shape index (κ2) is 9.62. The molecule has 0 radical (unpaired) electrons. The molecule has 0 aliphatic heterocycles. The van der Waals surface area contributed by atoms with E-state index in [-0.39, 0.29) is 12.2 Å². The van der Waals surface area contributed by atoms with Crippen molar-refractivity contribution < 1.29 is 18.0 Å². The van der Waals surface area contributed by atoms with Crippen LogP contribution in [0.5, 0.6) is 0 Å². The number of halogens is 3. The number of nitrogens with zero attached hydrogens (tertiary/aromatic N) is 1. The maximum atomic E-state index is 13.3. The summed E-state index contributed by atoms with van der Waals surface area (Å²) in [5, 5.41) is 0. The van der Waals surface area contributed by atoms with E-state index in [0.29, 0.717) is 10.5 Å². The van der Waals surface area contributed by atoms with Crippen molar-refractivity contribution in [1.82, 2.24) is 0 Å². The summed E-state index contributed by atoms with van der Waals surface area (Å²) in [5.74, 6) is 3.88. The topological polar surface area (TPSA) is 20.3 Å². The predicted molar refractivity (Wildman–Crippen MR) is 113 cm³/mol. The molecule has 0 atom stereocenters. The molecule has 0 spiro atoms. The number of para-hydroxylation sites is 1. The molecule has 150 valence electrons. The van der Waals surface area contributed by atoms with Gasteiger partial charge in [-0.2, -0.15) is 13.2 Å². The second-order valence-electron chi connectivity index (χ2n) is 6.36. The first-order valence-electron chi connectivity index (χ1n) is 9.21. The van der Waals surface area contributed by atoms with Crippen LogP contribution in [0.25, 0.3) is 6.08 Å². The van der Waals surface area contributed by atoms with Gasteiger partial charge in [-0.1, -0.05) is 84.7 Å². The van der Waals surface area contributed by atoms with Gasteiger partial charge in [0.15, 0.2) is 0 Å². The Kier molecular flexibility index (Phi) is 6.71. The highest BCUT2D eigenvalue weighted by Crippen LogP contribution is 2.26. The fourth-order valence-corrected chi connectivity index (χ4v) is 2.78. The van der Waals surface area contributed by atoms with Crippen LogP contribution in [0.2, 0.25) is 0 Å². The van der Waals surface area contributed by atoms with E-state index in [1.165, 1.54) is 12.1 Å². The Hall–Kier alpha value is -3.78. The number of rotatable bonds is 4. The Bertz CT molecular complexity index is 1080. The third-order valence-electron chi connectivity index (χ3n) is 4.20. The number of carbonyl (C=O) groups excluding carboxylic acids is 1. The molecule has 3 aromatic rings. The molecular formula is C25H18F3NO. The largest absolute Gasteiger partial charge is 0.471 e. The standard InChI is InChI=1S/C25H18F3NO/c26-25(27,28)24(30)29(19-9-14-20-10-3-1-4-11-20)23-16-8-7-15-22(23)18-17-21-12-5-2-6-13-21/h1-16H,19H2/b14-9+. The van der Waals surface area contributed by atoms with Gasteiger partial charge >= 0.3 is 12.1 Å². The molecule has 0 fully saturated rings. The quantitative estimate of drug-likeness (QED) is 0.510. The average Bonchev–Trinajstić information content (AvgIpc) is 2.76. The number of anilines is 1. The van der Waals surface area contributed by atoms with E-state index in [1.54, 1.807) is 36.4 Å². The number of amides is 1. The van der Waals surface area contributed by atoms with Gasteiger partial charge in [0.1, 0.15) is 0 Å². The summed E-state index contributed by atoms with van der Waals surface area (Å²) >= 11 is 0. The Labute approximate surface area is 173 Å². The van der Waals surface area contributed by atoms with Gasteiger partial charge in [-0.15, -0.1) is 0 Å². The number of hydrogen-bond donors (Lipinski definition) is 0. The zero-order chi connectivity index (χ0) is 21.4. The number of alkyl halides is 3. The maximum Gasteiger partial charge on any atom is 0.471 e. The number of hydrogen-bond acceptors (Lipinski definition) is 1. The van der Waals surface area contributed by atoms with E-state index in [9.17, 15) is 18.0 Å². The smallest absolute Gasteiger partial charge is 0.300 e. The minimum atomic E-state index is -5.00. The van der Waals surface area contributed by atoms with E-state index in [1.807, 2.05) is 48.5 Å². The third-order valence-corrected chi connectivity index (χ3v) is 4.20. The minimum Gasteiger partial charge on any atom is -0.300 e. The van der Waals surface area contributed by atoms with Gasteiger partial charge in [-0.05, 0) is 29.8 Å². The summed E-state index contributed by atoms with van der Waals surface area (Å²) in [6, 6.07) is 24.6. The lowest BCUT2D eigenvalue weighted by Crippen LogP contribution is -2.41. The van der Waals surface area contributed by atoms with Crippen LogP contribution in [-0.4, -0.2) is 18.6 Å². The summed E-state index contributed by atoms with van der Waals surface area (Å²) in [6.07, 6.45) is -1.80. The molecule has 30 heavy (non-hydrogen) atoms. The number of carbonyl (C=O) groups is 1. The molecule has 0 unspecified atom stereocenters. The lowest BCUT2D eigenvalue weighted by atomic mass is 10.1. The molecule has 0 aliphatic carbocycles. The highest BCUT2D eigenvalue weighted by Gasteiger charge is 2.43. The molecule has 1 amide bonds. The van der Waals surface area contributed by atoms with Crippen LogP contribution in [0.3, 0.4) is 0 Å². The van der Waals surface area contributed by atoms with E-state index >= 15 is 0 Å². The molecule has 3 rings (SSSR count). The molecule has 5 heteroatoms. The van der Waals surface area contributed by atoms with Crippen LogP contribution < -0.4 is 4.90 Å². The Morgan fingerprint density at radius 2 is 1.43 bits per heavy atom. The number of benzene rings is 3. The first-order valence-corrected chi connectivity index (χ1v) is 9.21. The zero-order valence-corrected chi connectivity index (χ0v) is 15.9. The van der Waals surface area contributed by atoms with Crippen molar-refractivity contribution >= 4 is 17.7 Å². The first kappa shape index (κ1) is 20.9. The Balaban J connectivity index is 1.95. The molecule has 0 saturated heterocycles. The van der Waals surface area contributed by atoms with E-state index in [4.69, 9.17) is 0 Å². The lowest BCUT2D eigenvalue weighted by Gasteiger charge is -2.23. The maximum absolute atomic E-state index is 13.3. The SMILES string of the molecule is O=C(N(C/C=C/c1ccccc1)c1ccccc1C#Cc1ccccc1)C(F)(F)F. The van der Waals surface area contributed by atoms with Crippen molar-refractivity contribution in [3.63, 3.8) is 0 Å². The molecule has 0 bridgehead atoms. The van der Waals surface area contributed by atoms with Crippen molar-refractivity contribution in [2.75, 3.05) is 11.4 Å². The molecule has 0 heterocycles. The van der Waals surface area contributed by atoms with E-state index < -0.39 is 12.1 Å². The van der Waals surface area contributed by atoms with Crippen molar-refractivity contribution in [3.8, 4) is 11.8 Å². The highest BCUT2D eigenvalue weighted by atomic mass is 19.4. The van der Waals surface area contributed by atoms with Gasteiger partial charge in [0.05, 0.1) is 5.69 Å². The monoisotopic (exact) mass is 405 g/mol. The predicted octanol–water partition coefficient (Wildman–Crippen LogP) is 5.70. The second-order valence-corrected chi connectivity index (χ2v) is 6.36. The van der Waals surface area contributed by atoms with Crippen molar-refractivity contribution in [2.24, 2.45) is 0 Å². The van der Waals surface area contributed by atoms with Crippen molar-refractivity contribution in [3.05, 3.63) is 108 Å². The van der Waals surface area contributed by atoms with Crippen LogP contribution in [-0.2, 0) is 4.79 Å². The van der Waals surface area contributed by atoms with Crippen LogP contribution in [0, 0.1) is 11.8 Å². The van der Waals surface area contributed by atoms with Crippen molar-refractivity contribution in [1.29, 1.82) is 0 Å². The summed E-state index contributed by atoms with van der Waals surface area (Å²) in [4.78, 5) is 12.9. The summed E-state index contributed by atoms with van der Waals surface area (Å²) in [5.41, 5.74) is 2.01. The summed E-state index contributed by atoms with van der Waals surface area (Å²) in [7, 11) is 0. The van der Waals surface area contributed by atoms with E-state index in [2.05, 4.69) is 11.8 Å². The third kappa shape index (κ3) is 5.62. The van der Waals surface area contributed by atoms with Gasteiger partial charge in [-0.3, -0.25) is 9.69 Å². The minimum absolute atomic E-state index is 0.112. The van der Waals surface area contributed by atoms with Gasteiger partial charge in [0.2, 0.25) is 0 Å². The van der Waals surface area contributed by atoms with Crippen LogP contribution in [0.15, 0.2) is 91.0 Å². The van der Waals surface area contributed by atoms with Gasteiger partial charge in [0, 0.05) is 17.7 Å². The average molecular weight is 405 g/mol. The molecule has 0 N–H and O–H groups in total. The molecular weight excluding hydrogens is 387 g/mol. The van der Waals surface area contributed by atoms with Crippen LogP contribution >= 0.6 is 0 Å². The van der Waals surface area contributed by atoms with Crippen LogP contribution in [0.1, 0.15) is 16.7 Å². The van der Waals surface area contributed by atoms with E-state index in [0.717, 1.165) is 11.1 Å². The van der Waals surface area contributed by atoms with Gasteiger partial charge in [-0.25, -0.2) is 0 Å². The van der Waals surface area contributed by atoms with Crippen LogP contribution in [0.4, 0.5) is 18.9 Å². The fourth-order valence-electron chi connectivity index (χ4n) is 2.78. The molecule has 0 saturated carbocycles. The normalized spacial score (nSPS) is 11.0. The first-order chi connectivity index (χ1) is 14.4. The van der Waals surface area contributed by atoms with Gasteiger partial charge in [0.25, 0.3) is 0 Å². The van der Waals surface area contributed by atoms with Gasteiger partial charge < -0.3 is 0 Å². The Morgan fingerprint density at radius 3 is 2.10 bits per heavy atom. The lowest BCUT2D eigenvalue weighted by molar-refractivity contribution is -0.170. The fraction of sp³-hybridized carbons (Fsp3) is 0.0800. The Morgan fingerprint density at radius 1 is 0.833 bits per heavy atom. The molecule has 0 aromatic heterocycles. The summed E-state index contributed by atoms with van der Waals surface area (Å²) < 4.78 is 39.8. The highest BCUT2D eigenvalue weighted by molar-refractivity contribution is 5.98. The van der Waals surface area contributed by atoms with Crippen molar-refractivity contribution in [2.45, 2.75) is 6.18 Å².